The lowest BCUT2D eigenvalue weighted by Crippen LogP contribution is -2.46. The summed E-state index contributed by atoms with van der Waals surface area (Å²) < 4.78 is 0. The quantitative estimate of drug-likeness (QED) is 0.840. The summed E-state index contributed by atoms with van der Waals surface area (Å²) in [6.07, 6.45) is 5.19. The number of nitrogens with zero attached hydrogens (tertiary/aromatic N) is 1. The van der Waals surface area contributed by atoms with E-state index in [9.17, 15) is 4.79 Å². The van der Waals surface area contributed by atoms with Crippen LogP contribution < -0.4 is 5.32 Å². The maximum absolute atomic E-state index is 12.7. The minimum absolute atomic E-state index is 0. The third kappa shape index (κ3) is 4.90. The molecule has 0 aliphatic carbocycles. The number of nitrogens with one attached hydrogen (secondary N) is 1. The normalized spacial score (nSPS) is 15.3. The second kappa shape index (κ2) is 9.34. The standard InChI is InChI=1S/C16H24N2OS.ClH/c1-3-12-18(14-8-10-17-11-9-14)16(19)13-4-6-15(20-2)7-5-13;/h4-7,14,17H,3,8-12H2,1-2H3;1H. The molecule has 0 saturated carbocycles. The number of carbonyl (C=O) groups is 1. The predicted molar refractivity (Wildman–Crippen MR) is 92.7 cm³/mol. The third-order valence-corrected chi connectivity index (χ3v) is 4.56. The molecule has 1 aromatic carbocycles. The maximum atomic E-state index is 12.7. The largest absolute Gasteiger partial charge is 0.336 e. The van der Waals surface area contributed by atoms with E-state index in [0.29, 0.717) is 6.04 Å². The van der Waals surface area contributed by atoms with E-state index in [4.69, 9.17) is 0 Å². The number of carbonyl (C=O) groups excluding carboxylic acids is 1. The van der Waals surface area contributed by atoms with E-state index in [1.807, 2.05) is 24.3 Å². The first-order chi connectivity index (χ1) is 9.76. The highest BCUT2D eigenvalue weighted by molar-refractivity contribution is 7.98. The van der Waals surface area contributed by atoms with Crippen molar-refractivity contribution in [2.75, 3.05) is 25.9 Å². The number of benzene rings is 1. The van der Waals surface area contributed by atoms with E-state index in [1.165, 1.54) is 4.90 Å². The SMILES string of the molecule is CCCN(C(=O)c1ccc(SC)cc1)C1CCNCC1.Cl. The molecule has 1 aliphatic heterocycles. The lowest BCUT2D eigenvalue weighted by Gasteiger charge is -2.34. The minimum Gasteiger partial charge on any atom is -0.336 e. The van der Waals surface area contributed by atoms with Gasteiger partial charge >= 0.3 is 0 Å². The van der Waals surface area contributed by atoms with Crippen molar-refractivity contribution in [3.63, 3.8) is 0 Å². The zero-order valence-corrected chi connectivity index (χ0v) is 14.4. The van der Waals surface area contributed by atoms with Gasteiger partial charge in [0.2, 0.25) is 0 Å². The fourth-order valence-electron chi connectivity index (χ4n) is 2.71. The first-order valence-electron chi connectivity index (χ1n) is 7.42. The third-order valence-electron chi connectivity index (χ3n) is 3.81. The van der Waals surface area contributed by atoms with Crippen LogP contribution in [0.15, 0.2) is 29.2 Å². The van der Waals surface area contributed by atoms with Gasteiger partial charge < -0.3 is 10.2 Å². The van der Waals surface area contributed by atoms with Gasteiger partial charge in [-0.15, -0.1) is 24.2 Å². The number of thioether (sulfide) groups is 1. The van der Waals surface area contributed by atoms with Crippen LogP contribution >= 0.6 is 24.2 Å². The lowest BCUT2D eigenvalue weighted by atomic mass is 10.0. The second-order valence-electron chi connectivity index (χ2n) is 5.21. The molecule has 0 spiro atoms. The zero-order chi connectivity index (χ0) is 14.4. The van der Waals surface area contributed by atoms with Gasteiger partial charge in [-0.2, -0.15) is 0 Å². The summed E-state index contributed by atoms with van der Waals surface area (Å²) in [5.74, 6) is 0.186. The molecule has 118 valence electrons. The van der Waals surface area contributed by atoms with E-state index < -0.39 is 0 Å². The maximum Gasteiger partial charge on any atom is 0.254 e. The summed E-state index contributed by atoms with van der Waals surface area (Å²) >= 11 is 1.70. The Bertz CT molecular complexity index is 432. The van der Waals surface area contributed by atoms with Gasteiger partial charge in [0.1, 0.15) is 0 Å². The summed E-state index contributed by atoms with van der Waals surface area (Å²) in [6.45, 7) is 5.03. The first-order valence-corrected chi connectivity index (χ1v) is 8.64. The van der Waals surface area contributed by atoms with Crippen molar-refractivity contribution < 1.29 is 4.79 Å². The number of halogens is 1. The van der Waals surface area contributed by atoms with E-state index in [1.54, 1.807) is 11.8 Å². The van der Waals surface area contributed by atoms with Crippen LogP contribution in [0.2, 0.25) is 0 Å². The fourth-order valence-corrected chi connectivity index (χ4v) is 3.12. The van der Waals surface area contributed by atoms with Crippen LogP contribution in [0.4, 0.5) is 0 Å². The smallest absolute Gasteiger partial charge is 0.254 e. The van der Waals surface area contributed by atoms with E-state index in [0.717, 1.165) is 44.5 Å². The Hall–Kier alpha value is -0.710. The van der Waals surface area contributed by atoms with Crippen molar-refractivity contribution >= 4 is 30.1 Å². The Morgan fingerprint density at radius 3 is 2.43 bits per heavy atom. The van der Waals surface area contributed by atoms with Gasteiger partial charge in [-0.1, -0.05) is 6.92 Å². The van der Waals surface area contributed by atoms with Crippen LogP contribution in [0.5, 0.6) is 0 Å². The first kappa shape index (κ1) is 18.3. The van der Waals surface area contributed by atoms with Crippen LogP contribution in [0.1, 0.15) is 36.5 Å². The minimum atomic E-state index is 0. The van der Waals surface area contributed by atoms with Gasteiger partial charge in [0.15, 0.2) is 0 Å². The van der Waals surface area contributed by atoms with Crippen LogP contribution in [0, 0.1) is 0 Å². The average Bonchev–Trinajstić information content (AvgIpc) is 2.53. The molecule has 21 heavy (non-hydrogen) atoms. The molecule has 2 rings (SSSR count). The average molecular weight is 329 g/mol. The van der Waals surface area contributed by atoms with Gasteiger partial charge in [0, 0.05) is 23.0 Å². The fraction of sp³-hybridized carbons (Fsp3) is 0.562. The highest BCUT2D eigenvalue weighted by Gasteiger charge is 2.25. The molecular formula is C16H25ClN2OS. The highest BCUT2D eigenvalue weighted by Crippen LogP contribution is 2.19. The van der Waals surface area contributed by atoms with Crippen molar-refractivity contribution in [1.29, 1.82) is 0 Å². The number of amides is 1. The van der Waals surface area contributed by atoms with Gasteiger partial charge in [-0.3, -0.25) is 4.79 Å². The van der Waals surface area contributed by atoms with Gasteiger partial charge in [0.05, 0.1) is 0 Å². The molecule has 0 aromatic heterocycles. The van der Waals surface area contributed by atoms with Crippen LogP contribution in [0.25, 0.3) is 0 Å². The molecule has 1 aliphatic rings. The Morgan fingerprint density at radius 2 is 1.90 bits per heavy atom. The van der Waals surface area contributed by atoms with E-state index in [-0.39, 0.29) is 18.3 Å². The molecule has 3 nitrogen and oxygen atoms in total. The number of rotatable bonds is 5. The summed E-state index contributed by atoms with van der Waals surface area (Å²) in [6, 6.07) is 8.37. The van der Waals surface area contributed by atoms with E-state index in [2.05, 4.69) is 23.4 Å². The van der Waals surface area contributed by atoms with Gasteiger partial charge in [0.25, 0.3) is 5.91 Å². The summed E-state index contributed by atoms with van der Waals surface area (Å²) in [7, 11) is 0. The van der Waals surface area contributed by atoms with Crippen molar-refractivity contribution in [3.8, 4) is 0 Å². The van der Waals surface area contributed by atoms with Crippen LogP contribution in [-0.4, -0.2) is 42.7 Å². The monoisotopic (exact) mass is 328 g/mol. The predicted octanol–water partition coefficient (Wildman–Crippen LogP) is 3.43. The molecule has 0 radical (unpaired) electrons. The Balaban J connectivity index is 0.00000220. The zero-order valence-electron chi connectivity index (χ0n) is 12.8. The molecule has 1 N–H and O–H groups in total. The van der Waals surface area contributed by atoms with Crippen LogP contribution in [0.3, 0.4) is 0 Å². The summed E-state index contributed by atoms with van der Waals surface area (Å²) in [4.78, 5) is 16.0. The molecule has 5 heteroatoms. The molecule has 1 amide bonds. The Labute approximate surface area is 138 Å². The number of hydrogen-bond donors (Lipinski definition) is 1. The van der Waals surface area contributed by atoms with Gasteiger partial charge in [-0.25, -0.2) is 0 Å². The number of hydrogen-bond acceptors (Lipinski definition) is 3. The molecule has 1 aromatic rings. The second-order valence-corrected chi connectivity index (χ2v) is 6.09. The van der Waals surface area contributed by atoms with Crippen molar-refractivity contribution in [2.24, 2.45) is 0 Å². The lowest BCUT2D eigenvalue weighted by molar-refractivity contribution is 0.0642. The molecule has 0 atom stereocenters. The van der Waals surface area contributed by atoms with E-state index >= 15 is 0 Å². The molecule has 1 saturated heterocycles. The van der Waals surface area contributed by atoms with Gasteiger partial charge in [-0.05, 0) is 62.9 Å². The van der Waals surface area contributed by atoms with Crippen LogP contribution in [-0.2, 0) is 0 Å². The van der Waals surface area contributed by atoms with Crippen molar-refractivity contribution in [1.82, 2.24) is 10.2 Å². The Morgan fingerprint density at radius 1 is 1.29 bits per heavy atom. The molecule has 0 unspecified atom stereocenters. The summed E-state index contributed by atoms with van der Waals surface area (Å²) in [5, 5.41) is 3.36. The molecule has 1 fully saturated rings. The molecule has 0 bridgehead atoms. The topological polar surface area (TPSA) is 32.3 Å². The van der Waals surface area contributed by atoms with Crippen molar-refractivity contribution in [3.05, 3.63) is 29.8 Å². The summed E-state index contributed by atoms with van der Waals surface area (Å²) in [5.41, 5.74) is 0.815. The van der Waals surface area contributed by atoms with Crippen molar-refractivity contribution in [2.45, 2.75) is 37.1 Å². The highest BCUT2D eigenvalue weighted by atomic mass is 35.5. The molecule has 1 heterocycles. The number of piperidine rings is 1. The molecular weight excluding hydrogens is 304 g/mol. The Kier molecular flexibility index (Phi) is 8.15.